The predicted molar refractivity (Wildman–Crippen MR) is 61.5 cm³/mol. The summed E-state index contributed by atoms with van der Waals surface area (Å²) in [6.45, 7) is 2.89. The first kappa shape index (κ1) is 10.8. The number of nitrogens with zero attached hydrogens (tertiary/aromatic N) is 1. The number of H-pyrrole nitrogens is 1. The minimum atomic E-state index is 0.318. The van der Waals surface area contributed by atoms with Crippen LogP contribution in [0.3, 0.4) is 0 Å². The average molecular weight is 224 g/mol. The maximum atomic E-state index is 5.67. The van der Waals surface area contributed by atoms with Gasteiger partial charge in [0.25, 0.3) is 0 Å². The Hall–Kier alpha value is -0.740. The zero-order chi connectivity index (χ0) is 10.7. The summed E-state index contributed by atoms with van der Waals surface area (Å²) in [5.74, 6) is 0.951. The van der Waals surface area contributed by atoms with Crippen LogP contribution in [0.4, 0.5) is 0 Å². The lowest BCUT2D eigenvalue weighted by Crippen LogP contribution is -2.22. The minimum absolute atomic E-state index is 0.318. The highest BCUT2D eigenvalue weighted by Gasteiger charge is 2.15. The molecule has 1 fully saturated rings. The Kier molecular flexibility index (Phi) is 3.49. The van der Waals surface area contributed by atoms with Gasteiger partial charge >= 0.3 is 0 Å². The number of hydrogen-bond acceptors (Lipinski definition) is 3. The lowest BCUT2D eigenvalue weighted by atomic mass is 10.1. The van der Waals surface area contributed by atoms with Crippen molar-refractivity contribution in [3.63, 3.8) is 0 Å². The fourth-order valence-corrected chi connectivity index (χ4v) is 2.21. The second-order valence-electron chi connectivity index (χ2n) is 4.04. The smallest absolute Gasteiger partial charge is 0.129 e. The van der Waals surface area contributed by atoms with E-state index < -0.39 is 0 Å². The summed E-state index contributed by atoms with van der Waals surface area (Å²) in [5.41, 5.74) is 1.07. The van der Waals surface area contributed by atoms with E-state index in [1.54, 1.807) is 0 Å². The summed E-state index contributed by atoms with van der Waals surface area (Å²) in [7, 11) is 0. The molecule has 2 heterocycles. The number of aryl methyl sites for hydroxylation is 1. The van der Waals surface area contributed by atoms with E-state index in [0.717, 1.165) is 31.0 Å². The van der Waals surface area contributed by atoms with Gasteiger partial charge < -0.3 is 9.72 Å². The summed E-state index contributed by atoms with van der Waals surface area (Å²) in [4.78, 5) is 7.55. The van der Waals surface area contributed by atoms with Gasteiger partial charge in [0.1, 0.15) is 10.5 Å². The van der Waals surface area contributed by atoms with Crippen LogP contribution in [-0.4, -0.2) is 22.7 Å². The molecule has 1 aromatic heterocycles. The fraction of sp³-hybridized carbons (Fsp3) is 0.636. The molecule has 0 aliphatic carbocycles. The van der Waals surface area contributed by atoms with Crippen molar-refractivity contribution in [3.8, 4) is 0 Å². The van der Waals surface area contributed by atoms with E-state index in [0.29, 0.717) is 10.7 Å². The Morgan fingerprint density at radius 3 is 3.13 bits per heavy atom. The van der Waals surface area contributed by atoms with Crippen LogP contribution in [-0.2, 0) is 11.2 Å². The Balaban J connectivity index is 2.06. The first-order chi connectivity index (χ1) is 7.24. The molecule has 2 rings (SSSR count). The molecule has 0 saturated carbocycles. The molecule has 1 saturated heterocycles. The fourth-order valence-electron chi connectivity index (χ4n) is 1.92. The van der Waals surface area contributed by atoms with E-state index in [1.807, 2.05) is 13.0 Å². The molecule has 0 amide bonds. The molecule has 0 spiro atoms. The van der Waals surface area contributed by atoms with Gasteiger partial charge in [-0.05, 0) is 32.3 Å². The summed E-state index contributed by atoms with van der Waals surface area (Å²) < 4.78 is 6.33. The zero-order valence-electron chi connectivity index (χ0n) is 8.95. The SMILES string of the molecule is Cc1cc(=S)nc(CC2CCCCO2)[nH]1. The number of rotatable bonds is 2. The van der Waals surface area contributed by atoms with Crippen LogP contribution in [0.25, 0.3) is 0 Å². The topological polar surface area (TPSA) is 37.9 Å². The Bertz CT molecular complexity index is 382. The van der Waals surface area contributed by atoms with Crippen LogP contribution in [0.2, 0.25) is 0 Å². The predicted octanol–water partition coefficient (Wildman–Crippen LogP) is 2.56. The number of aromatic amines is 1. The third-order valence-electron chi connectivity index (χ3n) is 2.62. The van der Waals surface area contributed by atoms with Gasteiger partial charge in [-0.15, -0.1) is 0 Å². The van der Waals surface area contributed by atoms with Crippen LogP contribution >= 0.6 is 12.2 Å². The van der Waals surface area contributed by atoms with E-state index in [9.17, 15) is 0 Å². The van der Waals surface area contributed by atoms with Gasteiger partial charge in [0.05, 0.1) is 6.10 Å². The Morgan fingerprint density at radius 1 is 1.60 bits per heavy atom. The molecular weight excluding hydrogens is 208 g/mol. The standard InChI is InChI=1S/C11H16N2OS/c1-8-6-11(15)13-10(12-8)7-9-4-2-3-5-14-9/h6,9H,2-5,7H2,1H3,(H,12,13,15). The molecule has 15 heavy (non-hydrogen) atoms. The monoisotopic (exact) mass is 224 g/mol. The molecule has 3 nitrogen and oxygen atoms in total. The molecule has 0 radical (unpaired) electrons. The number of hydrogen-bond donors (Lipinski definition) is 1. The summed E-state index contributed by atoms with van der Waals surface area (Å²) in [5, 5.41) is 0. The lowest BCUT2D eigenvalue weighted by Gasteiger charge is -2.22. The molecule has 1 unspecified atom stereocenters. The van der Waals surface area contributed by atoms with Gasteiger partial charge in [0, 0.05) is 18.7 Å². The van der Waals surface area contributed by atoms with E-state index in [-0.39, 0.29) is 0 Å². The molecule has 82 valence electrons. The van der Waals surface area contributed by atoms with Gasteiger partial charge in [-0.1, -0.05) is 12.2 Å². The van der Waals surface area contributed by atoms with Gasteiger partial charge in [0.15, 0.2) is 0 Å². The van der Waals surface area contributed by atoms with Gasteiger partial charge in [-0.2, -0.15) is 0 Å². The third-order valence-corrected chi connectivity index (χ3v) is 2.83. The summed E-state index contributed by atoms with van der Waals surface area (Å²) in [6.07, 6.45) is 4.76. The normalized spacial score (nSPS) is 21.5. The first-order valence-corrected chi connectivity index (χ1v) is 5.83. The van der Waals surface area contributed by atoms with Gasteiger partial charge in [0.2, 0.25) is 0 Å². The summed E-state index contributed by atoms with van der Waals surface area (Å²) in [6, 6.07) is 1.88. The molecule has 1 aromatic rings. The molecule has 1 atom stereocenters. The van der Waals surface area contributed by atoms with E-state index in [2.05, 4.69) is 9.97 Å². The van der Waals surface area contributed by atoms with E-state index in [1.165, 1.54) is 12.8 Å². The molecule has 1 N–H and O–H groups in total. The molecule has 0 bridgehead atoms. The first-order valence-electron chi connectivity index (χ1n) is 5.42. The second-order valence-corrected chi connectivity index (χ2v) is 4.46. The van der Waals surface area contributed by atoms with Crippen molar-refractivity contribution < 1.29 is 4.74 Å². The highest BCUT2D eigenvalue weighted by atomic mass is 32.1. The lowest BCUT2D eigenvalue weighted by molar-refractivity contribution is 0.0156. The van der Waals surface area contributed by atoms with Gasteiger partial charge in [-0.3, -0.25) is 0 Å². The quantitative estimate of drug-likeness (QED) is 0.785. The third kappa shape index (κ3) is 3.11. The van der Waals surface area contributed by atoms with Crippen LogP contribution in [0.1, 0.15) is 30.8 Å². The van der Waals surface area contributed by atoms with Gasteiger partial charge in [-0.25, -0.2) is 4.98 Å². The van der Waals surface area contributed by atoms with Crippen LogP contribution in [0.5, 0.6) is 0 Å². The highest BCUT2D eigenvalue weighted by molar-refractivity contribution is 7.71. The molecular formula is C11H16N2OS. The van der Waals surface area contributed by atoms with E-state index >= 15 is 0 Å². The average Bonchev–Trinajstić information content (AvgIpc) is 2.17. The van der Waals surface area contributed by atoms with Crippen molar-refractivity contribution >= 4 is 12.2 Å². The Morgan fingerprint density at radius 2 is 2.47 bits per heavy atom. The van der Waals surface area contributed by atoms with Crippen LogP contribution < -0.4 is 0 Å². The van der Waals surface area contributed by atoms with Crippen molar-refractivity contribution in [2.24, 2.45) is 0 Å². The number of ether oxygens (including phenoxy) is 1. The molecule has 4 heteroatoms. The van der Waals surface area contributed by atoms with Crippen molar-refractivity contribution in [2.45, 2.75) is 38.7 Å². The maximum Gasteiger partial charge on any atom is 0.129 e. The molecule has 0 aromatic carbocycles. The van der Waals surface area contributed by atoms with Crippen molar-refractivity contribution in [1.82, 2.24) is 9.97 Å². The second kappa shape index (κ2) is 4.86. The van der Waals surface area contributed by atoms with Crippen molar-refractivity contribution in [1.29, 1.82) is 0 Å². The summed E-state index contributed by atoms with van der Waals surface area (Å²) >= 11 is 5.08. The van der Waals surface area contributed by atoms with E-state index in [4.69, 9.17) is 17.0 Å². The van der Waals surface area contributed by atoms with Crippen LogP contribution in [0, 0.1) is 11.6 Å². The highest BCUT2D eigenvalue weighted by Crippen LogP contribution is 2.15. The number of aromatic nitrogens is 2. The molecule has 1 aliphatic rings. The maximum absolute atomic E-state index is 5.67. The van der Waals surface area contributed by atoms with Crippen LogP contribution in [0.15, 0.2) is 6.07 Å². The largest absolute Gasteiger partial charge is 0.378 e. The molecule has 1 aliphatic heterocycles. The minimum Gasteiger partial charge on any atom is -0.378 e. The van der Waals surface area contributed by atoms with Crippen molar-refractivity contribution in [2.75, 3.05) is 6.61 Å². The van der Waals surface area contributed by atoms with Crippen molar-refractivity contribution in [3.05, 3.63) is 22.2 Å². The Labute approximate surface area is 94.9 Å². The number of nitrogens with one attached hydrogen (secondary N) is 1. The zero-order valence-corrected chi connectivity index (χ0v) is 9.77.